The molecule has 1 saturated heterocycles. The smallest absolute Gasteiger partial charge is 0.259 e. The highest BCUT2D eigenvalue weighted by molar-refractivity contribution is 5.97. The Morgan fingerprint density at radius 2 is 2.14 bits per heavy atom. The van der Waals surface area contributed by atoms with E-state index in [2.05, 4.69) is 4.98 Å². The summed E-state index contributed by atoms with van der Waals surface area (Å²) < 4.78 is 5.32. The fraction of sp³-hybridized carbons (Fsp3) is 0.412. The molecule has 0 spiro atoms. The molecule has 1 N–H and O–H groups in total. The highest BCUT2D eigenvalue weighted by atomic mass is 16.5. The Hall–Kier alpha value is -2.14. The molecule has 1 atom stereocenters. The van der Waals surface area contributed by atoms with Crippen LogP contribution in [0.15, 0.2) is 23.1 Å². The number of fused-ring (bicyclic) bond motifs is 1. The van der Waals surface area contributed by atoms with E-state index in [9.17, 15) is 9.59 Å². The van der Waals surface area contributed by atoms with Gasteiger partial charge in [0.15, 0.2) is 0 Å². The van der Waals surface area contributed by atoms with Gasteiger partial charge < -0.3 is 14.6 Å². The van der Waals surface area contributed by atoms with Crippen LogP contribution in [0.25, 0.3) is 10.9 Å². The number of carbonyl (C=O) groups excluding carboxylic acids is 1. The fourth-order valence-corrected chi connectivity index (χ4v) is 3.04. The molecule has 1 aliphatic rings. The highest BCUT2D eigenvalue weighted by Gasteiger charge is 2.26. The SMILES string of the molecule is Cc1cc(C)c2[nH]cc(C(=O)N(C)[C@@H]3CCOC3)c(=O)c2c1. The van der Waals surface area contributed by atoms with E-state index in [1.165, 1.54) is 6.20 Å². The van der Waals surface area contributed by atoms with E-state index in [4.69, 9.17) is 4.74 Å². The summed E-state index contributed by atoms with van der Waals surface area (Å²) in [6.07, 6.45) is 2.34. The van der Waals surface area contributed by atoms with Crippen molar-refractivity contribution in [1.82, 2.24) is 9.88 Å². The Bertz CT molecular complexity index is 788. The molecule has 0 bridgehead atoms. The van der Waals surface area contributed by atoms with Gasteiger partial charge in [-0.25, -0.2) is 0 Å². The minimum absolute atomic E-state index is 0.0434. The summed E-state index contributed by atoms with van der Waals surface area (Å²) in [5.41, 5.74) is 2.78. The van der Waals surface area contributed by atoms with Crippen LogP contribution in [-0.4, -0.2) is 42.1 Å². The van der Waals surface area contributed by atoms with E-state index in [0.29, 0.717) is 18.6 Å². The van der Waals surface area contributed by atoms with Gasteiger partial charge in [-0.15, -0.1) is 0 Å². The lowest BCUT2D eigenvalue weighted by Gasteiger charge is -2.23. The number of hydrogen-bond donors (Lipinski definition) is 1. The second-order valence-electron chi connectivity index (χ2n) is 5.97. The van der Waals surface area contributed by atoms with Gasteiger partial charge in [0, 0.05) is 25.2 Å². The molecule has 22 heavy (non-hydrogen) atoms. The van der Waals surface area contributed by atoms with Crippen molar-refractivity contribution in [1.29, 1.82) is 0 Å². The van der Waals surface area contributed by atoms with Gasteiger partial charge in [0.05, 0.1) is 18.2 Å². The first kappa shape index (κ1) is 14.8. The number of aromatic nitrogens is 1. The number of pyridine rings is 1. The molecular formula is C17H20N2O3. The molecule has 2 heterocycles. The molecule has 0 radical (unpaired) electrons. The normalized spacial score (nSPS) is 17.9. The topological polar surface area (TPSA) is 62.4 Å². The van der Waals surface area contributed by atoms with Crippen LogP contribution in [0.1, 0.15) is 27.9 Å². The predicted molar refractivity (Wildman–Crippen MR) is 85.4 cm³/mol. The maximum Gasteiger partial charge on any atom is 0.259 e. The molecule has 116 valence electrons. The number of ether oxygens (including phenoxy) is 1. The van der Waals surface area contributed by atoms with E-state index in [-0.39, 0.29) is 22.9 Å². The van der Waals surface area contributed by atoms with Crippen molar-refractivity contribution < 1.29 is 9.53 Å². The minimum Gasteiger partial charge on any atom is -0.379 e. The quantitative estimate of drug-likeness (QED) is 0.923. The lowest BCUT2D eigenvalue weighted by atomic mass is 10.0. The maximum absolute atomic E-state index is 12.7. The lowest BCUT2D eigenvalue weighted by Crippen LogP contribution is -2.39. The molecule has 1 amide bonds. The third kappa shape index (κ3) is 2.41. The van der Waals surface area contributed by atoms with Crippen molar-refractivity contribution in [2.24, 2.45) is 0 Å². The van der Waals surface area contributed by atoms with Gasteiger partial charge in [-0.3, -0.25) is 9.59 Å². The number of aromatic amines is 1. The van der Waals surface area contributed by atoms with Gasteiger partial charge in [-0.1, -0.05) is 6.07 Å². The molecular weight excluding hydrogens is 280 g/mol. The first-order chi connectivity index (χ1) is 10.5. The van der Waals surface area contributed by atoms with Crippen LogP contribution in [0.3, 0.4) is 0 Å². The van der Waals surface area contributed by atoms with Gasteiger partial charge in [0.1, 0.15) is 5.56 Å². The first-order valence-electron chi connectivity index (χ1n) is 7.46. The zero-order valence-corrected chi connectivity index (χ0v) is 13.1. The number of nitrogens with zero attached hydrogens (tertiary/aromatic N) is 1. The van der Waals surface area contributed by atoms with E-state index < -0.39 is 0 Å². The predicted octanol–water partition coefficient (Wildman–Crippen LogP) is 2.01. The van der Waals surface area contributed by atoms with Gasteiger partial charge >= 0.3 is 0 Å². The summed E-state index contributed by atoms with van der Waals surface area (Å²) in [5, 5.41) is 0.569. The average molecular weight is 300 g/mol. The van der Waals surface area contributed by atoms with Crippen LogP contribution in [0.4, 0.5) is 0 Å². The Morgan fingerprint density at radius 3 is 2.82 bits per heavy atom. The van der Waals surface area contributed by atoms with Crippen molar-refractivity contribution in [3.8, 4) is 0 Å². The second kappa shape index (κ2) is 5.57. The van der Waals surface area contributed by atoms with Crippen molar-refractivity contribution in [3.05, 3.63) is 45.2 Å². The average Bonchev–Trinajstić information content (AvgIpc) is 3.01. The molecule has 1 aliphatic heterocycles. The van der Waals surface area contributed by atoms with Crippen molar-refractivity contribution in [2.45, 2.75) is 26.3 Å². The fourth-order valence-electron chi connectivity index (χ4n) is 3.04. The second-order valence-corrected chi connectivity index (χ2v) is 5.97. The zero-order valence-electron chi connectivity index (χ0n) is 13.1. The molecule has 5 heteroatoms. The van der Waals surface area contributed by atoms with Crippen LogP contribution in [-0.2, 0) is 4.74 Å². The summed E-state index contributed by atoms with van der Waals surface area (Å²) >= 11 is 0. The van der Waals surface area contributed by atoms with Crippen LogP contribution in [0.2, 0.25) is 0 Å². The number of aryl methyl sites for hydroxylation is 2. The summed E-state index contributed by atoms with van der Waals surface area (Å²) in [5.74, 6) is -0.252. The number of rotatable bonds is 2. The van der Waals surface area contributed by atoms with Crippen LogP contribution >= 0.6 is 0 Å². The Kier molecular flexibility index (Phi) is 3.74. The highest BCUT2D eigenvalue weighted by Crippen LogP contribution is 2.17. The van der Waals surface area contributed by atoms with Gasteiger partial charge in [0.2, 0.25) is 5.43 Å². The van der Waals surface area contributed by atoms with Crippen molar-refractivity contribution in [3.63, 3.8) is 0 Å². The number of likely N-dealkylation sites (N-methyl/N-ethyl adjacent to an activating group) is 1. The summed E-state index contributed by atoms with van der Waals surface area (Å²) in [7, 11) is 1.73. The van der Waals surface area contributed by atoms with Crippen LogP contribution in [0.5, 0.6) is 0 Å². The number of carbonyl (C=O) groups is 1. The number of benzene rings is 1. The monoisotopic (exact) mass is 300 g/mol. The maximum atomic E-state index is 12.7. The molecule has 1 aromatic heterocycles. The molecule has 0 saturated carbocycles. The standard InChI is InChI=1S/C17H20N2O3/c1-10-6-11(2)15-13(7-10)16(20)14(8-18-15)17(21)19(3)12-4-5-22-9-12/h6-8,12H,4-5,9H2,1-3H3,(H,18,20)/t12-/m1/s1. The molecule has 0 unspecified atom stereocenters. The van der Waals surface area contributed by atoms with Gasteiger partial charge in [-0.2, -0.15) is 0 Å². The number of H-pyrrole nitrogens is 1. The van der Waals surface area contributed by atoms with E-state index in [1.54, 1.807) is 11.9 Å². The molecule has 0 aliphatic carbocycles. The molecule has 3 rings (SSSR count). The Labute approximate surface area is 128 Å². The van der Waals surface area contributed by atoms with E-state index in [0.717, 1.165) is 23.1 Å². The number of amides is 1. The largest absolute Gasteiger partial charge is 0.379 e. The summed E-state index contributed by atoms with van der Waals surface area (Å²) in [6.45, 7) is 5.10. The first-order valence-corrected chi connectivity index (χ1v) is 7.46. The third-order valence-corrected chi connectivity index (χ3v) is 4.33. The number of nitrogens with one attached hydrogen (secondary N) is 1. The van der Waals surface area contributed by atoms with Crippen LogP contribution in [0, 0.1) is 13.8 Å². The number of hydrogen-bond acceptors (Lipinski definition) is 3. The lowest BCUT2D eigenvalue weighted by molar-refractivity contribution is 0.0710. The zero-order chi connectivity index (χ0) is 15.9. The molecule has 5 nitrogen and oxygen atoms in total. The summed E-state index contributed by atoms with van der Waals surface area (Å²) in [6, 6.07) is 3.89. The minimum atomic E-state index is -0.252. The van der Waals surface area contributed by atoms with Gasteiger partial charge in [0.25, 0.3) is 5.91 Å². The third-order valence-electron chi connectivity index (χ3n) is 4.33. The molecule has 1 fully saturated rings. The van der Waals surface area contributed by atoms with E-state index in [1.807, 2.05) is 26.0 Å². The molecule has 2 aromatic rings. The summed E-state index contributed by atoms with van der Waals surface area (Å²) in [4.78, 5) is 30.0. The van der Waals surface area contributed by atoms with E-state index >= 15 is 0 Å². The van der Waals surface area contributed by atoms with Crippen molar-refractivity contribution >= 4 is 16.8 Å². The molecule has 1 aromatic carbocycles. The van der Waals surface area contributed by atoms with Crippen LogP contribution < -0.4 is 5.43 Å². The Balaban J connectivity index is 2.06. The van der Waals surface area contributed by atoms with Crippen molar-refractivity contribution in [2.75, 3.05) is 20.3 Å². The Morgan fingerprint density at radius 1 is 1.36 bits per heavy atom. The van der Waals surface area contributed by atoms with Gasteiger partial charge in [-0.05, 0) is 37.5 Å².